The van der Waals surface area contributed by atoms with Gasteiger partial charge in [-0.1, -0.05) is 30.3 Å². The summed E-state index contributed by atoms with van der Waals surface area (Å²) in [7, 11) is -2.58. The fraction of sp³-hybridized carbons (Fsp3) is 0.0909. The average Bonchev–Trinajstić information content (AvgIpc) is 2.26. The highest BCUT2D eigenvalue weighted by Crippen LogP contribution is 2.29. The smallest absolute Gasteiger partial charge is 0.296 e. The van der Waals surface area contributed by atoms with Crippen LogP contribution in [0.25, 0.3) is 10.8 Å². The Hall–Kier alpha value is -1.59. The third kappa shape index (κ3) is 1.75. The molecular weight excluding hydrogens is 226 g/mol. The molecule has 0 aliphatic heterocycles. The van der Waals surface area contributed by atoms with Crippen molar-refractivity contribution >= 4 is 26.6 Å². The van der Waals surface area contributed by atoms with Crippen molar-refractivity contribution in [2.75, 3.05) is 12.4 Å². The minimum Gasteiger partial charge on any atom is -0.386 e. The van der Waals surface area contributed by atoms with Crippen LogP contribution in [0.4, 0.5) is 5.69 Å². The van der Waals surface area contributed by atoms with Crippen molar-refractivity contribution in [3.63, 3.8) is 0 Å². The predicted octanol–water partition coefficient (Wildman–Crippen LogP) is 2.13. The maximum absolute atomic E-state index is 11.2. The zero-order chi connectivity index (χ0) is 11.8. The normalized spacial score (nSPS) is 11.6. The van der Waals surface area contributed by atoms with Crippen LogP contribution >= 0.6 is 0 Å². The Balaban J connectivity index is 2.89. The van der Waals surface area contributed by atoms with E-state index in [0.29, 0.717) is 5.69 Å². The van der Waals surface area contributed by atoms with Gasteiger partial charge in [0.1, 0.15) is 4.90 Å². The third-order valence-corrected chi connectivity index (χ3v) is 3.31. The second kappa shape index (κ2) is 3.77. The van der Waals surface area contributed by atoms with Gasteiger partial charge in [-0.2, -0.15) is 8.42 Å². The molecule has 0 fully saturated rings. The van der Waals surface area contributed by atoms with Gasteiger partial charge in [-0.15, -0.1) is 0 Å². The van der Waals surface area contributed by atoms with Crippen molar-refractivity contribution in [3.8, 4) is 0 Å². The van der Waals surface area contributed by atoms with Crippen LogP contribution < -0.4 is 5.32 Å². The molecule has 2 rings (SSSR count). The lowest BCUT2D eigenvalue weighted by atomic mass is 10.1. The van der Waals surface area contributed by atoms with Gasteiger partial charge >= 0.3 is 0 Å². The number of fused-ring (bicyclic) bond motifs is 1. The molecule has 5 heteroatoms. The molecule has 0 aliphatic carbocycles. The van der Waals surface area contributed by atoms with E-state index in [1.165, 1.54) is 6.07 Å². The summed E-state index contributed by atoms with van der Waals surface area (Å²) in [5.41, 5.74) is 0.417. The highest BCUT2D eigenvalue weighted by atomic mass is 32.2. The first-order chi connectivity index (χ1) is 7.54. The Morgan fingerprint density at radius 3 is 2.44 bits per heavy atom. The highest BCUT2D eigenvalue weighted by Gasteiger charge is 2.16. The van der Waals surface area contributed by atoms with Gasteiger partial charge in [0.2, 0.25) is 0 Å². The van der Waals surface area contributed by atoms with Crippen LogP contribution in [-0.4, -0.2) is 20.0 Å². The minimum absolute atomic E-state index is 0.103. The number of hydrogen-bond donors (Lipinski definition) is 2. The molecule has 0 unspecified atom stereocenters. The first-order valence-corrected chi connectivity index (χ1v) is 6.15. The second-order valence-corrected chi connectivity index (χ2v) is 4.77. The second-order valence-electron chi connectivity index (χ2n) is 3.38. The average molecular weight is 237 g/mol. The van der Waals surface area contributed by atoms with Crippen molar-refractivity contribution in [1.29, 1.82) is 0 Å². The summed E-state index contributed by atoms with van der Waals surface area (Å²) in [5.74, 6) is 0. The molecule has 84 valence electrons. The molecule has 0 heterocycles. The van der Waals surface area contributed by atoms with Gasteiger partial charge in [-0.3, -0.25) is 4.55 Å². The minimum atomic E-state index is -4.20. The summed E-state index contributed by atoms with van der Waals surface area (Å²) in [6.45, 7) is 0. The zero-order valence-electron chi connectivity index (χ0n) is 8.64. The van der Waals surface area contributed by atoms with Crippen molar-refractivity contribution in [2.24, 2.45) is 0 Å². The summed E-state index contributed by atoms with van der Waals surface area (Å²) in [6, 6.07) is 10.4. The number of rotatable bonds is 2. The monoisotopic (exact) mass is 237 g/mol. The third-order valence-electron chi connectivity index (χ3n) is 2.42. The Morgan fingerprint density at radius 2 is 1.81 bits per heavy atom. The standard InChI is InChI=1S/C11H11NO3S/c1-12-11-9-5-3-2-4-8(9)6-7-10(11)16(13,14)15/h2-7,12H,1H3,(H,13,14,15). The van der Waals surface area contributed by atoms with Gasteiger partial charge in [-0.05, 0) is 11.5 Å². The van der Waals surface area contributed by atoms with Gasteiger partial charge < -0.3 is 5.32 Å². The van der Waals surface area contributed by atoms with Gasteiger partial charge in [-0.25, -0.2) is 0 Å². The fourth-order valence-corrected chi connectivity index (χ4v) is 2.43. The highest BCUT2D eigenvalue weighted by molar-refractivity contribution is 7.86. The molecule has 0 saturated heterocycles. The molecule has 0 bridgehead atoms. The number of benzene rings is 2. The van der Waals surface area contributed by atoms with Crippen LogP contribution in [0.3, 0.4) is 0 Å². The quantitative estimate of drug-likeness (QED) is 0.785. The van der Waals surface area contributed by atoms with Crippen LogP contribution in [0.2, 0.25) is 0 Å². The van der Waals surface area contributed by atoms with E-state index in [-0.39, 0.29) is 4.90 Å². The number of hydrogen-bond acceptors (Lipinski definition) is 3. The molecule has 0 spiro atoms. The molecule has 16 heavy (non-hydrogen) atoms. The molecule has 0 amide bonds. The largest absolute Gasteiger partial charge is 0.386 e. The van der Waals surface area contributed by atoms with Gasteiger partial charge in [0, 0.05) is 12.4 Å². The molecule has 4 nitrogen and oxygen atoms in total. The van der Waals surface area contributed by atoms with Gasteiger partial charge in [0.25, 0.3) is 10.1 Å². The van der Waals surface area contributed by atoms with E-state index in [0.717, 1.165) is 10.8 Å². The molecule has 2 aromatic carbocycles. The summed E-state index contributed by atoms with van der Waals surface area (Å²) in [6.07, 6.45) is 0. The van der Waals surface area contributed by atoms with E-state index in [9.17, 15) is 8.42 Å². The lowest BCUT2D eigenvalue weighted by Gasteiger charge is -2.10. The molecule has 0 atom stereocenters. The zero-order valence-corrected chi connectivity index (χ0v) is 9.45. The Bertz CT molecular complexity index is 635. The van der Waals surface area contributed by atoms with E-state index in [2.05, 4.69) is 5.32 Å². The van der Waals surface area contributed by atoms with Crippen molar-refractivity contribution in [2.45, 2.75) is 4.90 Å². The van der Waals surface area contributed by atoms with Crippen LogP contribution in [0.15, 0.2) is 41.3 Å². The van der Waals surface area contributed by atoms with Crippen LogP contribution in [0, 0.1) is 0 Å². The van der Waals surface area contributed by atoms with E-state index < -0.39 is 10.1 Å². The Morgan fingerprint density at radius 1 is 1.12 bits per heavy atom. The number of nitrogens with one attached hydrogen (secondary N) is 1. The summed E-state index contributed by atoms with van der Waals surface area (Å²) in [4.78, 5) is -0.103. The maximum Gasteiger partial charge on any atom is 0.296 e. The van der Waals surface area contributed by atoms with Crippen LogP contribution in [0.5, 0.6) is 0 Å². The molecule has 2 N–H and O–H groups in total. The first-order valence-electron chi connectivity index (χ1n) is 4.71. The molecule has 0 radical (unpaired) electrons. The lowest BCUT2D eigenvalue weighted by molar-refractivity contribution is 0.483. The van der Waals surface area contributed by atoms with Gasteiger partial charge in [0.15, 0.2) is 0 Å². The summed E-state index contributed by atoms with van der Waals surface area (Å²) >= 11 is 0. The predicted molar refractivity (Wildman–Crippen MR) is 63.3 cm³/mol. The SMILES string of the molecule is CNc1c(S(=O)(=O)O)ccc2ccccc12. The van der Waals surface area contributed by atoms with Crippen molar-refractivity contribution in [3.05, 3.63) is 36.4 Å². The van der Waals surface area contributed by atoms with E-state index in [1.807, 2.05) is 18.2 Å². The number of anilines is 1. The topological polar surface area (TPSA) is 66.4 Å². The lowest BCUT2D eigenvalue weighted by Crippen LogP contribution is -2.03. The molecular formula is C11H11NO3S. The van der Waals surface area contributed by atoms with Crippen molar-refractivity contribution < 1.29 is 13.0 Å². The van der Waals surface area contributed by atoms with Crippen LogP contribution in [-0.2, 0) is 10.1 Å². The summed E-state index contributed by atoms with van der Waals surface area (Å²) < 4.78 is 31.4. The molecule has 0 aromatic heterocycles. The van der Waals surface area contributed by atoms with E-state index in [1.54, 1.807) is 19.2 Å². The summed E-state index contributed by atoms with van der Waals surface area (Å²) in [5, 5.41) is 4.49. The van der Waals surface area contributed by atoms with Crippen molar-refractivity contribution in [1.82, 2.24) is 0 Å². The Labute approximate surface area is 93.7 Å². The first kappa shape index (κ1) is 10.9. The van der Waals surface area contributed by atoms with Crippen LogP contribution in [0.1, 0.15) is 0 Å². The molecule has 0 aliphatic rings. The fourth-order valence-electron chi connectivity index (χ4n) is 1.72. The molecule has 0 saturated carbocycles. The maximum atomic E-state index is 11.2. The molecule has 2 aromatic rings. The van der Waals surface area contributed by atoms with Gasteiger partial charge in [0.05, 0.1) is 5.69 Å². The Kier molecular flexibility index (Phi) is 2.57. The van der Waals surface area contributed by atoms with E-state index >= 15 is 0 Å². The van der Waals surface area contributed by atoms with E-state index in [4.69, 9.17) is 4.55 Å².